The van der Waals surface area contributed by atoms with Crippen LogP contribution >= 0.6 is 0 Å². The molecule has 0 radical (unpaired) electrons. The molecule has 19 heavy (non-hydrogen) atoms. The molecule has 98 valence electrons. The highest BCUT2D eigenvalue weighted by atomic mass is 16.5. The van der Waals surface area contributed by atoms with Crippen molar-refractivity contribution in [1.82, 2.24) is 5.16 Å². The lowest BCUT2D eigenvalue weighted by atomic mass is 9.79. The van der Waals surface area contributed by atoms with Gasteiger partial charge in [-0.25, -0.2) is 0 Å². The highest BCUT2D eigenvalue weighted by Gasteiger charge is 2.29. The Hall–Kier alpha value is -2.37. The van der Waals surface area contributed by atoms with Gasteiger partial charge in [0, 0.05) is 11.5 Å². The third-order valence-corrected chi connectivity index (χ3v) is 3.65. The van der Waals surface area contributed by atoms with Crippen molar-refractivity contribution in [1.29, 1.82) is 0 Å². The molecule has 0 atom stereocenters. The highest BCUT2D eigenvalue weighted by Crippen LogP contribution is 2.34. The fraction of sp³-hybridized carbons (Fsp3) is 0.308. The summed E-state index contributed by atoms with van der Waals surface area (Å²) < 4.78 is 4.98. The van der Waals surface area contributed by atoms with Crippen LogP contribution in [0.25, 0.3) is 11.0 Å². The van der Waals surface area contributed by atoms with Crippen LogP contribution in [0.2, 0.25) is 0 Å². The number of hydrogen-bond donors (Lipinski definition) is 2. The number of carbonyl (C=O) groups is 2. The van der Waals surface area contributed by atoms with Crippen molar-refractivity contribution in [3.05, 3.63) is 23.4 Å². The highest BCUT2D eigenvalue weighted by molar-refractivity contribution is 6.14. The molecular weight excluding hydrogens is 246 g/mol. The van der Waals surface area contributed by atoms with Crippen molar-refractivity contribution in [3.8, 4) is 0 Å². The van der Waals surface area contributed by atoms with Gasteiger partial charge in [-0.05, 0) is 25.0 Å². The monoisotopic (exact) mass is 259 g/mol. The first-order valence-electron chi connectivity index (χ1n) is 6.11. The molecule has 1 fully saturated rings. The summed E-state index contributed by atoms with van der Waals surface area (Å²) in [7, 11) is 0. The Morgan fingerprint density at radius 2 is 2.05 bits per heavy atom. The third-order valence-electron chi connectivity index (χ3n) is 3.65. The SMILES string of the molecule is NC(=O)c1noc2ccc(C(=O)C3CCC3)c(N)c12. The van der Waals surface area contributed by atoms with E-state index in [0.29, 0.717) is 16.5 Å². The summed E-state index contributed by atoms with van der Waals surface area (Å²) in [5, 5.41) is 3.93. The summed E-state index contributed by atoms with van der Waals surface area (Å²) in [6.07, 6.45) is 2.85. The van der Waals surface area contributed by atoms with Crippen molar-refractivity contribution < 1.29 is 14.1 Å². The molecule has 1 saturated carbocycles. The third kappa shape index (κ3) is 1.68. The second-order valence-corrected chi connectivity index (χ2v) is 4.79. The average molecular weight is 259 g/mol. The predicted molar refractivity (Wildman–Crippen MR) is 68.6 cm³/mol. The number of nitrogen functional groups attached to an aromatic ring is 1. The number of nitrogens with two attached hydrogens (primary N) is 2. The van der Waals surface area contributed by atoms with Crippen LogP contribution in [-0.2, 0) is 0 Å². The van der Waals surface area contributed by atoms with Gasteiger partial charge in [-0.2, -0.15) is 0 Å². The van der Waals surface area contributed by atoms with Crippen LogP contribution in [0.1, 0.15) is 40.1 Å². The molecule has 6 nitrogen and oxygen atoms in total. The smallest absolute Gasteiger partial charge is 0.271 e. The van der Waals surface area contributed by atoms with Crippen LogP contribution in [0.15, 0.2) is 16.7 Å². The molecule has 0 spiro atoms. The maximum atomic E-state index is 12.2. The number of hydrogen-bond acceptors (Lipinski definition) is 5. The van der Waals surface area contributed by atoms with Crippen LogP contribution in [0.4, 0.5) is 5.69 Å². The summed E-state index contributed by atoms with van der Waals surface area (Å²) in [6.45, 7) is 0. The van der Waals surface area contributed by atoms with E-state index in [1.807, 2.05) is 0 Å². The molecule has 4 N–H and O–H groups in total. The van der Waals surface area contributed by atoms with Gasteiger partial charge in [0.05, 0.1) is 11.1 Å². The van der Waals surface area contributed by atoms with Gasteiger partial charge < -0.3 is 16.0 Å². The zero-order valence-electron chi connectivity index (χ0n) is 10.2. The molecule has 3 rings (SSSR count). The number of aromatic nitrogens is 1. The second-order valence-electron chi connectivity index (χ2n) is 4.79. The Balaban J connectivity index is 2.16. The summed E-state index contributed by atoms with van der Waals surface area (Å²) in [4.78, 5) is 23.5. The molecule has 1 aliphatic carbocycles. The van der Waals surface area contributed by atoms with Gasteiger partial charge in [-0.3, -0.25) is 9.59 Å². The van der Waals surface area contributed by atoms with Crippen LogP contribution in [-0.4, -0.2) is 16.8 Å². The van der Waals surface area contributed by atoms with Crippen molar-refractivity contribution in [2.45, 2.75) is 19.3 Å². The van der Waals surface area contributed by atoms with Gasteiger partial charge in [-0.15, -0.1) is 0 Å². The normalized spacial score (nSPS) is 15.4. The molecule has 1 aromatic carbocycles. The molecule has 0 unspecified atom stereocenters. The molecule has 0 aliphatic heterocycles. The first-order valence-corrected chi connectivity index (χ1v) is 6.11. The minimum Gasteiger partial charge on any atom is -0.397 e. The van der Waals surface area contributed by atoms with E-state index in [2.05, 4.69) is 5.16 Å². The summed E-state index contributed by atoms with van der Waals surface area (Å²) in [5.74, 6) is -0.669. The number of ketones is 1. The Morgan fingerprint density at radius 3 is 2.63 bits per heavy atom. The fourth-order valence-electron chi connectivity index (χ4n) is 2.33. The Kier molecular flexibility index (Phi) is 2.51. The maximum absolute atomic E-state index is 12.2. The minimum absolute atomic E-state index is 0.0160. The largest absolute Gasteiger partial charge is 0.397 e. The minimum atomic E-state index is -0.723. The molecule has 1 aromatic heterocycles. The number of carbonyl (C=O) groups excluding carboxylic acids is 2. The lowest BCUT2D eigenvalue weighted by Crippen LogP contribution is -2.23. The van der Waals surface area contributed by atoms with Crippen molar-refractivity contribution in [3.63, 3.8) is 0 Å². The van der Waals surface area contributed by atoms with E-state index < -0.39 is 5.91 Å². The number of amides is 1. The lowest BCUT2D eigenvalue weighted by Gasteiger charge is -2.24. The van der Waals surface area contributed by atoms with Gasteiger partial charge in [-0.1, -0.05) is 11.6 Å². The summed E-state index contributed by atoms with van der Waals surface area (Å²) >= 11 is 0. The lowest BCUT2D eigenvalue weighted by molar-refractivity contribution is 0.0855. The van der Waals surface area contributed by atoms with E-state index >= 15 is 0 Å². The van der Waals surface area contributed by atoms with Crippen LogP contribution in [0.5, 0.6) is 0 Å². The molecule has 2 aromatic rings. The zero-order chi connectivity index (χ0) is 13.6. The van der Waals surface area contributed by atoms with E-state index in [9.17, 15) is 9.59 Å². The van der Waals surface area contributed by atoms with Gasteiger partial charge in [0.2, 0.25) is 0 Å². The summed E-state index contributed by atoms with van der Waals surface area (Å²) in [5.41, 5.74) is 12.2. The topological polar surface area (TPSA) is 112 Å². The number of nitrogens with zero attached hydrogens (tertiary/aromatic N) is 1. The molecule has 1 amide bonds. The fourth-order valence-corrected chi connectivity index (χ4v) is 2.33. The van der Waals surface area contributed by atoms with Crippen LogP contribution < -0.4 is 11.5 Å². The molecule has 0 bridgehead atoms. The van der Waals surface area contributed by atoms with E-state index in [4.69, 9.17) is 16.0 Å². The second kappa shape index (κ2) is 4.08. The Morgan fingerprint density at radius 1 is 1.32 bits per heavy atom. The number of benzene rings is 1. The van der Waals surface area contributed by atoms with Crippen LogP contribution in [0.3, 0.4) is 0 Å². The van der Waals surface area contributed by atoms with E-state index in [1.165, 1.54) is 0 Å². The predicted octanol–water partition coefficient (Wildman–Crippen LogP) is 1.49. The number of Topliss-reactive ketones (excluding diaryl/α,β-unsaturated/α-hetero) is 1. The van der Waals surface area contributed by atoms with Gasteiger partial charge in [0.25, 0.3) is 5.91 Å². The number of rotatable bonds is 3. The van der Waals surface area contributed by atoms with Gasteiger partial charge >= 0.3 is 0 Å². The number of fused-ring (bicyclic) bond motifs is 1. The number of primary amides is 1. The van der Waals surface area contributed by atoms with Crippen molar-refractivity contribution in [2.24, 2.45) is 11.7 Å². The van der Waals surface area contributed by atoms with Gasteiger partial charge in [0.1, 0.15) is 0 Å². The Bertz CT molecular complexity index is 686. The first-order chi connectivity index (χ1) is 9.09. The standard InChI is InChI=1S/C13H13N3O3/c14-10-7(12(17)6-2-1-3-6)4-5-8-9(10)11(13(15)18)16-19-8/h4-6H,1-3,14H2,(H2,15,18). The van der Waals surface area contributed by atoms with E-state index in [1.54, 1.807) is 12.1 Å². The average Bonchev–Trinajstić information content (AvgIpc) is 2.71. The van der Waals surface area contributed by atoms with Crippen molar-refractivity contribution in [2.75, 3.05) is 5.73 Å². The molecule has 1 aliphatic rings. The summed E-state index contributed by atoms with van der Waals surface area (Å²) in [6, 6.07) is 3.21. The molecule has 6 heteroatoms. The zero-order valence-corrected chi connectivity index (χ0v) is 10.2. The van der Waals surface area contributed by atoms with Crippen molar-refractivity contribution >= 4 is 28.3 Å². The van der Waals surface area contributed by atoms with Crippen LogP contribution in [0, 0.1) is 5.92 Å². The Labute approximate surface area is 108 Å². The molecular formula is C13H13N3O3. The van der Waals surface area contributed by atoms with E-state index in [0.717, 1.165) is 19.3 Å². The number of anilines is 1. The maximum Gasteiger partial charge on any atom is 0.271 e. The van der Waals surface area contributed by atoms with E-state index in [-0.39, 0.29) is 23.1 Å². The quantitative estimate of drug-likeness (QED) is 0.640. The molecule has 1 heterocycles. The first kappa shape index (κ1) is 11.7. The van der Waals surface area contributed by atoms with Gasteiger partial charge in [0.15, 0.2) is 17.1 Å². The molecule has 0 saturated heterocycles.